The molecule has 1 heterocycles. The Morgan fingerprint density at radius 2 is 1.93 bits per heavy atom. The van der Waals surface area contributed by atoms with Crippen LogP contribution in [0.3, 0.4) is 0 Å². The standard InChI is InChI=1S/C13H18N2/c1-10(2)8-11(3)15-9-14-12-6-4-5-7-13(12)15/h4-7,9-11H,8H2,1-3H3. The molecule has 15 heavy (non-hydrogen) atoms. The third-order valence-corrected chi connectivity index (χ3v) is 2.77. The van der Waals surface area contributed by atoms with Crippen molar-refractivity contribution in [2.45, 2.75) is 33.2 Å². The van der Waals surface area contributed by atoms with Gasteiger partial charge in [-0.3, -0.25) is 0 Å². The fraction of sp³-hybridized carbons (Fsp3) is 0.462. The summed E-state index contributed by atoms with van der Waals surface area (Å²) in [6, 6.07) is 8.83. The molecule has 2 rings (SSSR count). The zero-order chi connectivity index (χ0) is 10.8. The Morgan fingerprint density at radius 3 is 2.67 bits per heavy atom. The third kappa shape index (κ3) is 2.04. The van der Waals surface area contributed by atoms with Crippen LogP contribution in [-0.2, 0) is 0 Å². The van der Waals surface area contributed by atoms with Crippen molar-refractivity contribution in [3.8, 4) is 0 Å². The molecule has 80 valence electrons. The summed E-state index contributed by atoms with van der Waals surface area (Å²) in [7, 11) is 0. The van der Waals surface area contributed by atoms with Crippen LogP contribution < -0.4 is 0 Å². The average molecular weight is 202 g/mol. The molecule has 1 unspecified atom stereocenters. The van der Waals surface area contributed by atoms with Gasteiger partial charge in [0.1, 0.15) is 0 Å². The van der Waals surface area contributed by atoms with Crippen LogP contribution in [0.1, 0.15) is 33.2 Å². The van der Waals surface area contributed by atoms with Crippen molar-refractivity contribution in [3.63, 3.8) is 0 Å². The van der Waals surface area contributed by atoms with Gasteiger partial charge in [-0.05, 0) is 31.4 Å². The van der Waals surface area contributed by atoms with Crippen LogP contribution in [-0.4, -0.2) is 9.55 Å². The minimum atomic E-state index is 0.525. The predicted molar refractivity (Wildman–Crippen MR) is 63.9 cm³/mol. The molecule has 2 aromatic rings. The predicted octanol–water partition coefficient (Wildman–Crippen LogP) is 3.64. The third-order valence-electron chi connectivity index (χ3n) is 2.77. The summed E-state index contributed by atoms with van der Waals surface area (Å²) >= 11 is 0. The lowest BCUT2D eigenvalue weighted by Crippen LogP contribution is -2.06. The van der Waals surface area contributed by atoms with E-state index in [1.54, 1.807) is 0 Å². The SMILES string of the molecule is CC(C)CC(C)n1cnc2ccccc21. The lowest BCUT2D eigenvalue weighted by atomic mass is 10.1. The van der Waals surface area contributed by atoms with Gasteiger partial charge in [0.25, 0.3) is 0 Å². The summed E-state index contributed by atoms with van der Waals surface area (Å²) in [6.07, 6.45) is 3.15. The molecular weight excluding hydrogens is 184 g/mol. The molecule has 0 bridgehead atoms. The fourth-order valence-electron chi connectivity index (χ4n) is 2.13. The maximum atomic E-state index is 4.41. The van der Waals surface area contributed by atoms with E-state index in [9.17, 15) is 0 Å². The van der Waals surface area contributed by atoms with Crippen LogP contribution in [0.25, 0.3) is 11.0 Å². The number of aromatic nitrogens is 2. The van der Waals surface area contributed by atoms with Crippen molar-refractivity contribution in [3.05, 3.63) is 30.6 Å². The molecule has 1 aromatic carbocycles. The van der Waals surface area contributed by atoms with Gasteiger partial charge in [0.2, 0.25) is 0 Å². The highest BCUT2D eigenvalue weighted by molar-refractivity contribution is 5.75. The Balaban J connectivity index is 2.35. The van der Waals surface area contributed by atoms with E-state index in [2.05, 4.69) is 48.5 Å². The Morgan fingerprint density at radius 1 is 1.20 bits per heavy atom. The Kier molecular flexibility index (Phi) is 2.76. The van der Waals surface area contributed by atoms with Gasteiger partial charge in [-0.1, -0.05) is 26.0 Å². The molecular formula is C13H18N2. The van der Waals surface area contributed by atoms with E-state index in [1.165, 1.54) is 11.9 Å². The van der Waals surface area contributed by atoms with Gasteiger partial charge < -0.3 is 4.57 Å². The smallest absolute Gasteiger partial charge is 0.0960 e. The van der Waals surface area contributed by atoms with Crippen LogP contribution >= 0.6 is 0 Å². The highest BCUT2D eigenvalue weighted by Crippen LogP contribution is 2.22. The second-order valence-electron chi connectivity index (χ2n) is 4.62. The Labute approximate surface area is 90.9 Å². The molecule has 2 nitrogen and oxygen atoms in total. The highest BCUT2D eigenvalue weighted by atomic mass is 15.1. The van der Waals surface area contributed by atoms with Crippen LogP contribution in [0.4, 0.5) is 0 Å². The quantitative estimate of drug-likeness (QED) is 0.743. The zero-order valence-electron chi connectivity index (χ0n) is 9.64. The van der Waals surface area contributed by atoms with Crippen LogP contribution in [0, 0.1) is 5.92 Å². The second-order valence-corrected chi connectivity index (χ2v) is 4.62. The van der Waals surface area contributed by atoms with Crippen molar-refractivity contribution in [2.75, 3.05) is 0 Å². The summed E-state index contributed by atoms with van der Waals surface area (Å²) in [5, 5.41) is 0. The molecule has 2 heteroatoms. The van der Waals surface area contributed by atoms with Gasteiger partial charge in [-0.25, -0.2) is 4.98 Å². The minimum Gasteiger partial charge on any atom is -0.328 e. The first-order valence-electron chi connectivity index (χ1n) is 5.60. The summed E-state index contributed by atoms with van der Waals surface area (Å²) < 4.78 is 2.27. The topological polar surface area (TPSA) is 17.8 Å². The van der Waals surface area contributed by atoms with Gasteiger partial charge in [-0.15, -0.1) is 0 Å². The van der Waals surface area contributed by atoms with Gasteiger partial charge in [0.05, 0.1) is 17.4 Å². The van der Waals surface area contributed by atoms with Gasteiger partial charge in [-0.2, -0.15) is 0 Å². The number of hydrogen-bond acceptors (Lipinski definition) is 1. The molecule has 0 aliphatic heterocycles. The largest absolute Gasteiger partial charge is 0.328 e. The molecule has 0 fully saturated rings. The van der Waals surface area contributed by atoms with Crippen LogP contribution in [0.5, 0.6) is 0 Å². The van der Waals surface area contributed by atoms with Crippen molar-refractivity contribution >= 4 is 11.0 Å². The molecule has 1 atom stereocenters. The lowest BCUT2D eigenvalue weighted by molar-refractivity contribution is 0.435. The van der Waals surface area contributed by atoms with Gasteiger partial charge in [0, 0.05) is 6.04 Å². The monoisotopic (exact) mass is 202 g/mol. The molecule has 0 saturated heterocycles. The number of rotatable bonds is 3. The molecule has 0 aliphatic rings. The normalized spacial score (nSPS) is 13.6. The van der Waals surface area contributed by atoms with E-state index in [-0.39, 0.29) is 0 Å². The maximum Gasteiger partial charge on any atom is 0.0960 e. The van der Waals surface area contributed by atoms with Gasteiger partial charge >= 0.3 is 0 Å². The van der Waals surface area contributed by atoms with Crippen molar-refractivity contribution in [1.82, 2.24) is 9.55 Å². The number of hydrogen-bond donors (Lipinski definition) is 0. The van der Waals surface area contributed by atoms with E-state index in [0.717, 1.165) is 11.4 Å². The number of para-hydroxylation sites is 2. The number of imidazole rings is 1. The molecule has 0 aliphatic carbocycles. The zero-order valence-corrected chi connectivity index (χ0v) is 9.64. The summed E-state index contributed by atoms with van der Waals surface area (Å²) in [5.74, 6) is 0.723. The molecule has 1 aromatic heterocycles. The number of fused-ring (bicyclic) bond motifs is 1. The molecule has 0 radical (unpaired) electrons. The first-order chi connectivity index (χ1) is 7.18. The summed E-state index contributed by atoms with van der Waals surface area (Å²) in [5.41, 5.74) is 2.33. The number of benzene rings is 1. The van der Waals surface area contributed by atoms with Crippen molar-refractivity contribution in [2.24, 2.45) is 5.92 Å². The van der Waals surface area contributed by atoms with Crippen molar-refractivity contribution < 1.29 is 0 Å². The number of nitrogens with zero attached hydrogens (tertiary/aromatic N) is 2. The fourth-order valence-corrected chi connectivity index (χ4v) is 2.13. The lowest BCUT2D eigenvalue weighted by Gasteiger charge is -2.16. The first kappa shape index (κ1) is 10.2. The Bertz CT molecular complexity index is 442. The second kappa shape index (κ2) is 4.05. The van der Waals surface area contributed by atoms with Crippen molar-refractivity contribution in [1.29, 1.82) is 0 Å². The van der Waals surface area contributed by atoms with E-state index >= 15 is 0 Å². The van der Waals surface area contributed by atoms with E-state index in [0.29, 0.717) is 6.04 Å². The van der Waals surface area contributed by atoms with Crippen LogP contribution in [0.15, 0.2) is 30.6 Å². The Hall–Kier alpha value is -1.31. The molecule has 0 saturated carbocycles. The molecule has 0 N–H and O–H groups in total. The minimum absolute atomic E-state index is 0.525. The van der Waals surface area contributed by atoms with E-state index in [1.807, 2.05) is 12.4 Å². The van der Waals surface area contributed by atoms with E-state index in [4.69, 9.17) is 0 Å². The summed E-state index contributed by atoms with van der Waals surface area (Å²) in [6.45, 7) is 6.78. The summed E-state index contributed by atoms with van der Waals surface area (Å²) in [4.78, 5) is 4.41. The maximum absolute atomic E-state index is 4.41. The van der Waals surface area contributed by atoms with Crippen LogP contribution in [0.2, 0.25) is 0 Å². The molecule has 0 spiro atoms. The highest BCUT2D eigenvalue weighted by Gasteiger charge is 2.09. The molecule has 0 amide bonds. The van der Waals surface area contributed by atoms with E-state index < -0.39 is 0 Å². The van der Waals surface area contributed by atoms with Gasteiger partial charge in [0.15, 0.2) is 0 Å². The average Bonchev–Trinajstić information content (AvgIpc) is 2.59. The first-order valence-corrected chi connectivity index (χ1v) is 5.60.